The van der Waals surface area contributed by atoms with E-state index >= 15 is 0 Å². The van der Waals surface area contributed by atoms with Crippen LogP contribution in [0.1, 0.15) is 24.8 Å². The zero-order chi connectivity index (χ0) is 13.0. The van der Waals surface area contributed by atoms with Gasteiger partial charge in [-0.3, -0.25) is 0 Å². The highest BCUT2D eigenvalue weighted by atomic mass is 32.1. The standard InChI is InChI=1S/C14H20N2OS/c1-11-6-7-13-12(10-11)15-14(18)16(13)8-4-3-5-9-17-2/h6-7,10H,3-5,8-9H2,1-2H3,(H,15,18). The van der Waals surface area contributed by atoms with E-state index in [9.17, 15) is 0 Å². The molecule has 1 N–H and O–H groups in total. The quantitative estimate of drug-likeness (QED) is 0.635. The number of H-pyrrole nitrogens is 1. The first-order valence-electron chi connectivity index (χ1n) is 6.40. The molecule has 4 heteroatoms. The van der Waals surface area contributed by atoms with Crippen LogP contribution in [-0.2, 0) is 11.3 Å². The lowest BCUT2D eigenvalue weighted by molar-refractivity contribution is 0.191. The van der Waals surface area contributed by atoms with Crippen LogP contribution < -0.4 is 0 Å². The van der Waals surface area contributed by atoms with Gasteiger partial charge in [0.05, 0.1) is 11.0 Å². The fraction of sp³-hybridized carbons (Fsp3) is 0.500. The van der Waals surface area contributed by atoms with Crippen molar-refractivity contribution in [3.8, 4) is 0 Å². The number of aromatic amines is 1. The topological polar surface area (TPSA) is 29.9 Å². The Morgan fingerprint density at radius 3 is 2.89 bits per heavy atom. The summed E-state index contributed by atoms with van der Waals surface area (Å²) in [5.41, 5.74) is 3.60. The van der Waals surface area contributed by atoms with Crippen LogP contribution in [0, 0.1) is 11.7 Å². The molecule has 2 rings (SSSR count). The fourth-order valence-electron chi connectivity index (χ4n) is 2.19. The van der Waals surface area contributed by atoms with Crippen molar-refractivity contribution >= 4 is 23.3 Å². The Balaban J connectivity index is 2.08. The molecule has 0 bridgehead atoms. The highest BCUT2D eigenvalue weighted by Crippen LogP contribution is 2.16. The number of benzene rings is 1. The monoisotopic (exact) mass is 264 g/mol. The Morgan fingerprint density at radius 2 is 2.11 bits per heavy atom. The van der Waals surface area contributed by atoms with Crippen LogP contribution in [0.5, 0.6) is 0 Å². The molecule has 0 radical (unpaired) electrons. The summed E-state index contributed by atoms with van der Waals surface area (Å²) in [6, 6.07) is 6.42. The van der Waals surface area contributed by atoms with E-state index in [1.54, 1.807) is 7.11 Å². The molecule has 2 aromatic rings. The van der Waals surface area contributed by atoms with Gasteiger partial charge in [0.2, 0.25) is 0 Å². The Kier molecular flexibility index (Phi) is 4.55. The summed E-state index contributed by atoms with van der Waals surface area (Å²) in [7, 11) is 1.75. The summed E-state index contributed by atoms with van der Waals surface area (Å²) >= 11 is 5.38. The first kappa shape index (κ1) is 13.3. The van der Waals surface area contributed by atoms with Crippen LogP contribution in [0.15, 0.2) is 18.2 Å². The number of hydrogen-bond acceptors (Lipinski definition) is 2. The Labute approximate surface area is 113 Å². The number of nitrogens with zero attached hydrogens (tertiary/aromatic N) is 1. The van der Waals surface area contributed by atoms with Crippen LogP contribution >= 0.6 is 12.2 Å². The molecule has 18 heavy (non-hydrogen) atoms. The smallest absolute Gasteiger partial charge is 0.178 e. The van der Waals surface area contributed by atoms with E-state index in [4.69, 9.17) is 17.0 Å². The predicted octanol–water partition coefficient (Wildman–Crippen LogP) is 3.82. The van der Waals surface area contributed by atoms with Crippen molar-refractivity contribution in [3.05, 3.63) is 28.5 Å². The zero-order valence-corrected chi connectivity index (χ0v) is 11.8. The fourth-order valence-corrected chi connectivity index (χ4v) is 2.49. The number of unbranched alkanes of at least 4 members (excludes halogenated alkanes) is 2. The van der Waals surface area contributed by atoms with Crippen molar-refractivity contribution in [1.29, 1.82) is 0 Å². The van der Waals surface area contributed by atoms with E-state index in [2.05, 4.69) is 34.7 Å². The molecule has 0 fully saturated rings. The minimum Gasteiger partial charge on any atom is -0.385 e. The van der Waals surface area contributed by atoms with Gasteiger partial charge in [-0.2, -0.15) is 0 Å². The second-order valence-electron chi connectivity index (χ2n) is 4.66. The van der Waals surface area contributed by atoms with Gasteiger partial charge >= 0.3 is 0 Å². The number of imidazole rings is 1. The lowest BCUT2D eigenvalue weighted by atomic mass is 10.2. The number of rotatable bonds is 6. The lowest BCUT2D eigenvalue weighted by Crippen LogP contribution is -1.99. The van der Waals surface area contributed by atoms with E-state index < -0.39 is 0 Å². The van der Waals surface area contributed by atoms with Crippen LogP contribution in [0.3, 0.4) is 0 Å². The van der Waals surface area contributed by atoms with E-state index in [0.717, 1.165) is 36.3 Å². The maximum Gasteiger partial charge on any atom is 0.178 e. The minimum atomic E-state index is 0.822. The number of aryl methyl sites for hydroxylation is 2. The van der Waals surface area contributed by atoms with Gasteiger partial charge in [-0.05, 0) is 56.1 Å². The maximum atomic E-state index is 5.38. The number of aromatic nitrogens is 2. The molecule has 1 aromatic carbocycles. The van der Waals surface area contributed by atoms with Gasteiger partial charge in [-0.25, -0.2) is 0 Å². The van der Waals surface area contributed by atoms with Crippen molar-refractivity contribution in [3.63, 3.8) is 0 Å². The molecule has 0 aliphatic rings. The summed E-state index contributed by atoms with van der Waals surface area (Å²) in [6.07, 6.45) is 3.43. The first-order chi connectivity index (χ1) is 8.72. The van der Waals surface area contributed by atoms with Gasteiger partial charge in [-0.1, -0.05) is 6.07 Å². The van der Waals surface area contributed by atoms with Gasteiger partial charge in [0.25, 0.3) is 0 Å². The van der Waals surface area contributed by atoms with Crippen molar-refractivity contribution in [1.82, 2.24) is 9.55 Å². The second-order valence-corrected chi connectivity index (χ2v) is 5.04. The molecule has 0 amide bonds. The zero-order valence-electron chi connectivity index (χ0n) is 11.0. The molecule has 0 aliphatic heterocycles. The normalized spacial score (nSPS) is 11.2. The van der Waals surface area contributed by atoms with Crippen LogP contribution in [0.2, 0.25) is 0 Å². The highest BCUT2D eigenvalue weighted by Gasteiger charge is 2.03. The summed E-state index contributed by atoms with van der Waals surface area (Å²) < 4.78 is 8.07. The van der Waals surface area contributed by atoms with E-state index in [1.807, 2.05) is 0 Å². The highest BCUT2D eigenvalue weighted by molar-refractivity contribution is 7.71. The molecule has 3 nitrogen and oxygen atoms in total. The number of methoxy groups -OCH3 is 1. The molecule has 0 spiro atoms. The average molecular weight is 264 g/mol. The van der Waals surface area contributed by atoms with Crippen molar-refractivity contribution in [2.75, 3.05) is 13.7 Å². The van der Waals surface area contributed by atoms with E-state index in [0.29, 0.717) is 0 Å². The minimum absolute atomic E-state index is 0.822. The lowest BCUT2D eigenvalue weighted by Gasteiger charge is -2.04. The molecule has 0 atom stereocenters. The van der Waals surface area contributed by atoms with Gasteiger partial charge < -0.3 is 14.3 Å². The molecule has 0 unspecified atom stereocenters. The third-order valence-corrected chi connectivity index (χ3v) is 3.48. The first-order valence-corrected chi connectivity index (χ1v) is 6.81. The third kappa shape index (κ3) is 3.00. The predicted molar refractivity (Wildman–Crippen MR) is 77.6 cm³/mol. The van der Waals surface area contributed by atoms with Crippen molar-refractivity contribution in [2.45, 2.75) is 32.7 Å². The average Bonchev–Trinajstić information content (AvgIpc) is 2.64. The third-order valence-electron chi connectivity index (χ3n) is 3.16. The van der Waals surface area contributed by atoms with Gasteiger partial charge in [0.15, 0.2) is 4.77 Å². The maximum absolute atomic E-state index is 5.38. The Hall–Kier alpha value is -1.13. The number of nitrogens with one attached hydrogen (secondary N) is 1. The number of fused-ring (bicyclic) bond motifs is 1. The molecule has 1 heterocycles. The molecule has 0 saturated heterocycles. The molecule has 98 valence electrons. The number of ether oxygens (including phenoxy) is 1. The molecule has 0 aliphatic carbocycles. The van der Waals surface area contributed by atoms with Crippen LogP contribution in [0.25, 0.3) is 11.0 Å². The number of hydrogen-bond donors (Lipinski definition) is 1. The molecular weight excluding hydrogens is 244 g/mol. The van der Waals surface area contributed by atoms with Crippen molar-refractivity contribution in [2.24, 2.45) is 0 Å². The largest absolute Gasteiger partial charge is 0.385 e. The summed E-state index contributed by atoms with van der Waals surface area (Å²) in [4.78, 5) is 3.27. The molecule has 0 saturated carbocycles. The summed E-state index contributed by atoms with van der Waals surface area (Å²) in [5, 5.41) is 0. The van der Waals surface area contributed by atoms with Crippen LogP contribution in [0.4, 0.5) is 0 Å². The Bertz CT molecular complexity index is 571. The molecule has 1 aromatic heterocycles. The van der Waals surface area contributed by atoms with Crippen LogP contribution in [-0.4, -0.2) is 23.3 Å². The van der Waals surface area contributed by atoms with Gasteiger partial charge in [-0.15, -0.1) is 0 Å². The SMILES string of the molecule is COCCCCCn1c(=S)[nH]c2cc(C)ccc21. The van der Waals surface area contributed by atoms with Gasteiger partial charge in [0, 0.05) is 20.3 Å². The molecular formula is C14H20N2OS. The van der Waals surface area contributed by atoms with Gasteiger partial charge in [0.1, 0.15) is 0 Å². The summed E-state index contributed by atoms with van der Waals surface area (Å²) in [5.74, 6) is 0. The van der Waals surface area contributed by atoms with Crippen molar-refractivity contribution < 1.29 is 4.74 Å². The second kappa shape index (κ2) is 6.16. The van der Waals surface area contributed by atoms with E-state index in [1.165, 1.54) is 17.5 Å². The Morgan fingerprint density at radius 1 is 1.28 bits per heavy atom. The van der Waals surface area contributed by atoms with E-state index in [-0.39, 0.29) is 0 Å². The summed E-state index contributed by atoms with van der Waals surface area (Å²) in [6.45, 7) is 3.92.